The first-order valence-corrected chi connectivity index (χ1v) is 22.7. The molecule has 6 aromatic carbocycles. The van der Waals surface area contributed by atoms with Crippen LogP contribution >= 0.6 is 0 Å². The number of allylic oxidation sites excluding steroid dienone is 3. The van der Waals surface area contributed by atoms with Crippen LogP contribution in [0.4, 0.5) is 17.1 Å². The maximum atomic E-state index is 6.81. The first-order valence-electron chi connectivity index (χ1n) is 22.7. The summed E-state index contributed by atoms with van der Waals surface area (Å²) in [6.07, 6.45) is 10.8. The first-order chi connectivity index (χ1) is 31.5. The monoisotopic (exact) mass is 845 g/mol. The fourth-order valence-electron chi connectivity index (χ4n) is 9.70. The number of pyridine rings is 1. The number of benzene rings is 6. The predicted octanol–water partition coefficient (Wildman–Crippen LogP) is 14.4. The van der Waals surface area contributed by atoms with Crippen LogP contribution in [0.1, 0.15) is 63.8 Å². The molecule has 0 bridgehead atoms. The van der Waals surface area contributed by atoms with Crippen molar-refractivity contribution in [2.75, 3.05) is 16.5 Å². The highest BCUT2D eigenvalue weighted by Gasteiger charge is 2.39. The molecule has 6 nitrogen and oxygen atoms in total. The molecule has 0 aliphatic carbocycles. The van der Waals surface area contributed by atoms with Crippen molar-refractivity contribution in [1.82, 2.24) is 14.4 Å². The summed E-state index contributed by atoms with van der Waals surface area (Å²) in [5, 5.41) is 2.34. The summed E-state index contributed by atoms with van der Waals surface area (Å²) in [7, 11) is 0. The lowest BCUT2D eigenvalue weighted by atomic mass is 9.48. The molecule has 11 rings (SSSR count). The number of rotatable bonds is 7. The lowest BCUT2D eigenvalue weighted by molar-refractivity contribution is 0.483. The third kappa shape index (κ3) is 7.21. The molecule has 318 valence electrons. The lowest BCUT2D eigenvalue weighted by Crippen LogP contribution is -2.40. The molecule has 0 unspecified atom stereocenters. The second-order valence-electron chi connectivity index (χ2n) is 19.4. The van der Waals surface area contributed by atoms with Gasteiger partial charge >= 0.3 is 6.85 Å². The zero-order chi connectivity index (χ0) is 44.5. The van der Waals surface area contributed by atoms with E-state index in [4.69, 9.17) is 9.72 Å². The Bertz CT molecular complexity index is 3250. The molecule has 0 amide bonds. The quantitative estimate of drug-likeness (QED) is 0.149. The molecular weight excluding hydrogens is 793 g/mol. The third-order valence-electron chi connectivity index (χ3n) is 13.1. The van der Waals surface area contributed by atoms with Crippen LogP contribution in [0, 0.1) is 0 Å². The number of nitrogens with zero attached hydrogens (tertiary/aromatic N) is 5. The Morgan fingerprint density at radius 2 is 1.28 bits per heavy atom. The van der Waals surface area contributed by atoms with E-state index >= 15 is 0 Å². The summed E-state index contributed by atoms with van der Waals surface area (Å²) in [4.78, 5) is 12.2. The molecule has 0 atom stereocenters. The Morgan fingerprint density at radius 1 is 0.569 bits per heavy atom. The molecule has 0 radical (unpaired) electrons. The van der Waals surface area contributed by atoms with Crippen molar-refractivity contribution in [3.05, 3.63) is 222 Å². The van der Waals surface area contributed by atoms with Gasteiger partial charge in [0, 0.05) is 52.3 Å². The minimum Gasteiger partial charge on any atom is -0.457 e. The second-order valence-corrected chi connectivity index (χ2v) is 19.4. The summed E-state index contributed by atoms with van der Waals surface area (Å²) in [6, 6.07) is 56.7. The fraction of sp³-hybridized carbons (Fsp3) is 0.155. The molecule has 5 heterocycles. The molecule has 0 spiro atoms. The van der Waals surface area contributed by atoms with Crippen molar-refractivity contribution in [2.24, 2.45) is 0 Å². The van der Waals surface area contributed by atoms with Crippen LogP contribution in [0.15, 0.2) is 200 Å². The number of hydrogen-bond acceptors (Lipinski definition) is 5. The molecule has 8 aromatic rings. The molecule has 0 saturated heterocycles. The van der Waals surface area contributed by atoms with Gasteiger partial charge in [0.25, 0.3) is 0 Å². The summed E-state index contributed by atoms with van der Waals surface area (Å²) in [5.74, 6) is 4.75. The molecule has 0 N–H and O–H groups in total. The van der Waals surface area contributed by atoms with Crippen LogP contribution in [0.25, 0.3) is 38.7 Å². The highest BCUT2D eigenvalue weighted by molar-refractivity contribution is 6.82. The van der Waals surface area contributed by atoms with Crippen molar-refractivity contribution in [1.29, 1.82) is 0 Å². The number of ether oxygens (including phenoxy) is 1. The number of hydrogen-bond donors (Lipinski definition) is 0. The topological polar surface area (TPSA) is 36.8 Å². The highest BCUT2D eigenvalue weighted by Crippen LogP contribution is 2.49. The smallest absolute Gasteiger partial charge is 0.322 e. The number of para-hydroxylation sites is 3. The maximum Gasteiger partial charge on any atom is 0.322 e. The maximum absolute atomic E-state index is 6.81. The molecule has 7 heteroatoms. The van der Waals surface area contributed by atoms with Gasteiger partial charge in [0.2, 0.25) is 0 Å². The average molecular weight is 846 g/mol. The Kier molecular flexibility index (Phi) is 9.69. The van der Waals surface area contributed by atoms with Crippen LogP contribution < -0.4 is 14.5 Å². The lowest BCUT2D eigenvalue weighted by Gasteiger charge is -2.38. The van der Waals surface area contributed by atoms with Crippen LogP contribution in [-0.2, 0) is 10.8 Å². The highest BCUT2D eigenvalue weighted by atomic mass is 16.5. The largest absolute Gasteiger partial charge is 0.457 e. The van der Waals surface area contributed by atoms with Gasteiger partial charge in [-0.1, -0.05) is 145 Å². The standard InChI is InChI=1S/C58H52BN5O/c1-57(2,3)42-27-25-41(26-28-42)55-56(49(40-17-8-7-9-18-40)38-61-34-15-14-32-59(55)61)63-39-62(51-23-12-13-24-52(51)63)44-19-16-20-45(36-44)65-46-29-30-48-47-21-10-11-22-50(47)64(53(48)37-46)54-35-43(31-33-60-54)58(4,5)6/h7-38H,39H2,1-6H3. The van der Waals surface area contributed by atoms with Gasteiger partial charge in [-0.05, 0) is 105 Å². The van der Waals surface area contributed by atoms with E-state index in [1.165, 1.54) is 44.4 Å². The second kappa shape index (κ2) is 15.6. The van der Waals surface area contributed by atoms with Gasteiger partial charge in [0.15, 0.2) is 0 Å². The zero-order valence-corrected chi connectivity index (χ0v) is 37.9. The number of anilines is 3. The van der Waals surface area contributed by atoms with E-state index < -0.39 is 0 Å². The fourth-order valence-corrected chi connectivity index (χ4v) is 9.70. The molecule has 0 saturated carbocycles. The summed E-state index contributed by atoms with van der Waals surface area (Å²) in [5.41, 5.74) is 14.2. The molecule has 3 aliphatic rings. The van der Waals surface area contributed by atoms with Gasteiger partial charge in [-0.2, -0.15) is 0 Å². The Morgan fingerprint density at radius 3 is 2.06 bits per heavy atom. The van der Waals surface area contributed by atoms with E-state index in [2.05, 4.69) is 243 Å². The van der Waals surface area contributed by atoms with Gasteiger partial charge in [0.05, 0.1) is 22.4 Å². The molecule has 2 aromatic heterocycles. The average Bonchev–Trinajstić information content (AvgIpc) is 3.87. The van der Waals surface area contributed by atoms with Gasteiger partial charge in [-0.25, -0.2) is 4.98 Å². The molecular formula is C58H52BN5O. The summed E-state index contributed by atoms with van der Waals surface area (Å²) < 4.78 is 9.08. The van der Waals surface area contributed by atoms with Gasteiger partial charge in [0.1, 0.15) is 24.0 Å². The predicted molar refractivity (Wildman–Crippen MR) is 272 cm³/mol. The normalized spacial score (nSPS) is 15.0. The van der Waals surface area contributed by atoms with Crippen molar-refractivity contribution in [2.45, 2.75) is 52.4 Å². The molecule has 3 aliphatic heterocycles. The Balaban J connectivity index is 0.994. The Hall–Kier alpha value is -7.51. The van der Waals surface area contributed by atoms with Gasteiger partial charge in [-0.15, -0.1) is 0 Å². The zero-order valence-electron chi connectivity index (χ0n) is 37.9. The van der Waals surface area contributed by atoms with E-state index in [0.29, 0.717) is 6.67 Å². The van der Waals surface area contributed by atoms with Crippen molar-refractivity contribution in [3.63, 3.8) is 0 Å². The third-order valence-corrected chi connectivity index (χ3v) is 13.1. The van der Waals surface area contributed by atoms with Gasteiger partial charge in [-0.3, -0.25) is 4.57 Å². The number of fused-ring (bicyclic) bond motifs is 5. The summed E-state index contributed by atoms with van der Waals surface area (Å²) in [6.45, 7) is 14.2. The van der Waals surface area contributed by atoms with E-state index in [0.717, 1.165) is 50.8 Å². The Labute approximate surface area is 382 Å². The van der Waals surface area contributed by atoms with E-state index in [9.17, 15) is 0 Å². The minimum atomic E-state index is -0.0109. The van der Waals surface area contributed by atoms with Crippen molar-refractivity contribution < 1.29 is 4.74 Å². The van der Waals surface area contributed by atoms with Crippen LogP contribution in [0.5, 0.6) is 11.5 Å². The molecule has 0 fully saturated rings. The van der Waals surface area contributed by atoms with Crippen LogP contribution in [-0.4, -0.2) is 27.9 Å². The van der Waals surface area contributed by atoms with Crippen molar-refractivity contribution >= 4 is 56.8 Å². The number of aromatic nitrogens is 2. The minimum absolute atomic E-state index is 0.0109. The van der Waals surface area contributed by atoms with E-state index in [-0.39, 0.29) is 17.7 Å². The summed E-state index contributed by atoms with van der Waals surface area (Å²) >= 11 is 0. The van der Waals surface area contributed by atoms with E-state index in [1.54, 1.807) is 0 Å². The van der Waals surface area contributed by atoms with Crippen molar-refractivity contribution in [3.8, 4) is 17.3 Å². The first kappa shape index (κ1) is 40.3. The molecule has 65 heavy (non-hydrogen) atoms. The van der Waals surface area contributed by atoms with Crippen LogP contribution in [0.3, 0.4) is 0 Å². The van der Waals surface area contributed by atoms with Crippen LogP contribution in [0.2, 0.25) is 0 Å². The SMILES string of the molecule is CC(C)(C)c1ccc(C2=C(N3CN(c4cccc(Oc5ccc6c7ccccc7n(-c7cc(C(C)(C)C)ccn7)c6c5)c4)c4ccccc43)C(c3ccccc3)=CN3C=CC=CB23)cc1. The van der Waals surface area contributed by atoms with E-state index in [1.807, 2.05) is 12.3 Å². The van der Waals surface area contributed by atoms with Gasteiger partial charge < -0.3 is 19.3 Å².